The monoisotopic (exact) mass is 683 g/mol. The molecule has 4 fully saturated rings. The lowest BCUT2D eigenvalue weighted by Gasteiger charge is -2.47. The molecule has 4 aliphatic rings. The quantitative estimate of drug-likeness (QED) is 0.302. The standard InChI is InChI=1S/C36H65N3O9/c1-11-26-36(8)30(37)21(4)28(48-36)19(2)18-35(7,43)31(47-33-27(40)25(39(9)10)17-20(3)44-33)22(5)29(23(6)32(41)45-26)46-34(42)38-24-15-13-12-14-16-24/h19-31,33,40,43H,11-18,37H2,1-10H3,(H,38,42)/t19-,20-,21-,22+,23-,25+,26+,27-,28-,29+,30+,31-,33+,35+,36?/m1/s1. The topological polar surface area (TPSA) is 162 Å². The van der Waals surface area contributed by atoms with Crippen molar-refractivity contribution in [3.05, 3.63) is 0 Å². The highest BCUT2D eigenvalue weighted by molar-refractivity contribution is 5.74. The molecule has 3 aliphatic heterocycles. The molecule has 12 nitrogen and oxygen atoms in total. The lowest BCUT2D eigenvalue weighted by molar-refractivity contribution is -0.299. The van der Waals surface area contributed by atoms with E-state index in [1.165, 1.54) is 0 Å². The Morgan fingerprint density at radius 3 is 2.33 bits per heavy atom. The highest BCUT2D eigenvalue weighted by Crippen LogP contribution is 2.45. The van der Waals surface area contributed by atoms with Gasteiger partial charge in [-0.15, -0.1) is 0 Å². The number of fused-ring (bicyclic) bond motifs is 2. The van der Waals surface area contributed by atoms with Crippen molar-refractivity contribution in [1.82, 2.24) is 10.2 Å². The number of likely N-dealkylation sites (N-methyl/N-ethyl adjacent to an activating group) is 1. The maximum atomic E-state index is 14.0. The van der Waals surface area contributed by atoms with Crippen LogP contribution in [0.2, 0.25) is 0 Å². The van der Waals surface area contributed by atoms with E-state index in [0.717, 1.165) is 32.1 Å². The smallest absolute Gasteiger partial charge is 0.407 e. The van der Waals surface area contributed by atoms with Crippen molar-refractivity contribution in [2.75, 3.05) is 14.1 Å². The van der Waals surface area contributed by atoms with Gasteiger partial charge in [0.05, 0.1) is 29.8 Å². The van der Waals surface area contributed by atoms with Gasteiger partial charge < -0.3 is 49.8 Å². The zero-order valence-corrected chi connectivity index (χ0v) is 31.0. The minimum Gasteiger partial charge on any atom is -0.459 e. The molecule has 0 aromatic carbocycles. The number of esters is 1. The van der Waals surface area contributed by atoms with Gasteiger partial charge in [0.25, 0.3) is 0 Å². The van der Waals surface area contributed by atoms with E-state index in [1.54, 1.807) is 13.8 Å². The number of amides is 1. The van der Waals surface area contributed by atoms with Crippen LogP contribution in [0.1, 0.15) is 107 Å². The normalized spacial score (nSPS) is 46.6. The summed E-state index contributed by atoms with van der Waals surface area (Å²) in [6, 6.07) is -0.682. The van der Waals surface area contributed by atoms with Gasteiger partial charge in [-0.1, -0.05) is 47.0 Å². The van der Waals surface area contributed by atoms with Gasteiger partial charge in [-0.05, 0) is 79.8 Å². The number of rotatable bonds is 6. The van der Waals surface area contributed by atoms with Crippen LogP contribution in [0, 0.1) is 23.7 Å². The zero-order chi connectivity index (χ0) is 35.7. The first-order chi connectivity index (χ1) is 22.4. The summed E-state index contributed by atoms with van der Waals surface area (Å²) in [5.41, 5.74) is 4.32. The molecule has 1 amide bonds. The Morgan fingerprint density at radius 1 is 1.08 bits per heavy atom. The molecule has 48 heavy (non-hydrogen) atoms. The van der Waals surface area contributed by atoms with Crippen LogP contribution < -0.4 is 11.1 Å². The summed E-state index contributed by atoms with van der Waals surface area (Å²) < 4.78 is 31.9. The van der Waals surface area contributed by atoms with E-state index in [4.69, 9.17) is 29.4 Å². The summed E-state index contributed by atoms with van der Waals surface area (Å²) in [6.07, 6.45) is 0.260. The SMILES string of the molecule is CC[C@@H]1OC(=O)[C@H](C)[C@@H](OC(=O)NC2CCCCC2)[C@H](C)[C@@H](O[C@@H]2O[C@H](C)C[C@H](N(C)C)[C@H]2O)[C@@](C)(O)C[C@@H](C)[C@H]2OC1(C)[C@@H](N)[C@@H]2C. The first-order valence-electron chi connectivity index (χ1n) is 18.4. The van der Waals surface area contributed by atoms with Crippen molar-refractivity contribution in [2.45, 2.75) is 179 Å². The lowest BCUT2D eigenvalue weighted by atomic mass is 9.75. The number of cyclic esters (lactones) is 1. The van der Waals surface area contributed by atoms with Gasteiger partial charge in [0.15, 0.2) is 6.29 Å². The Bertz CT molecular complexity index is 1090. The minimum atomic E-state index is -1.54. The van der Waals surface area contributed by atoms with Crippen molar-refractivity contribution in [3.63, 3.8) is 0 Å². The largest absolute Gasteiger partial charge is 0.459 e. The van der Waals surface area contributed by atoms with E-state index in [0.29, 0.717) is 12.8 Å². The second kappa shape index (κ2) is 15.8. The average molecular weight is 684 g/mol. The summed E-state index contributed by atoms with van der Waals surface area (Å²) in [5, 5.41) is 26.9. The molecule has 2 bridgehead atoms. The number of hydrogen-bond donors (Lipinski definition) is 4. The summed E-state index contributed by atoms with van der Waals surface area (Å²) in [4.78, 5) is 29.5. The first kappa shape index (κ1) is 39.2. The van der Waals surface area contributed by atoms with Crippen LogP contribution in [0.15, 0.2) is 0 Å². The number of nitrogens with one attached hydrogen (secondary N) is 1. The van der Waals surface area contributed by atoms with Gasteiger partial charge in [0.1, 0.15) is 23.9 Å². The van der Waals surface area contributed by atoms with Crippen LogP contribution in [0.25, 0.3) is 0 Å². The molecule has 0 aromatic heterocycles. The third kappa shape index (κ3) is 8.32. The molecule has 3 saturated heterocycles. The Labute approximate surface area is 288 Å². The minimum absolute atomic E-state index is 0.00888. The Morgan fingerprint density at radius 2 is 1.73 bits per heavy atom. The van der Waals surface area contributed by atoms with Crippen molar-refractivity contribution < 1.29 is 43.5 Å². The van der Waals surface area contributed by atoms with E-state index in [1.807, 2.05) is 60.5 Å². The Kier molecular flexibility index (Phi) is 12.9. The van der Waals surface area contributed by atoms with Crippen LogP contribution in [0.5, 0.6) is 0 Å². The van der Waals surface area contributed by atoms with Gasteiger partial charge in [-0.2, -0.15) is 0 Å². The molecular weight excluding hydrogens is 618 g/mol. The molecule has 1 unspecified atom stereocenters. The van der Waals surface area contributed by atoms with E-state index >= 15 is 0 Å². The predicted molar refractivity (Wildman–Crippen MR) is 181 cm³/mol. The highest BCUT2D eigenvalue weighted by atomic mass is 16.7. The van der Waals surface area contributed by atoms with Crippen LogP contribution in [0.3, 0.4) is 0 Å². The summed E-state index contributed by atoms with van der Waals surface area (Å²) >= 11 is 0. The van der Waals surface area contributed by atoms with Crippen molar-refractivity contribution in [3.8, 4) is 0 Å². The molecule has 1 aliphatic carbocycles. The van der Waals surface area contributed by atoms with Gasteiger partial charge in [0, 0.05) is 30.0 Å². The van der Waals surface area contributed by atoms with Crippen LogP contribution in [0.4, 0.5) is 4.79 Å². The van der Waals surface area contributed by atoms with Gasteiger partial charge in [-0.25, -0.2) is 4.79 Å². The molecule has 15 atom stereocenters. The first-order valence-corrected chi connectivity index (χ1v) is 18.4. The zero-order valence-electron chi connectivity index (χ0n) is 31.0. The fourth-order valence-electron chi connectivity index (χ4n) is 9.05. The fraction of sp³-hybridized carbons (Fsp3) is 0.944. The molecule has 0 spiro atoms. The summed E-state index contributed by atoms with van der Waals surface area (Å²) in [5.74, 6) is -2.50. The number of carbonyl (C=O) groups excluding carboxylic acids is 2. The molecule has 278 valence electrons. The molecule has 0 aromatic rings. The number of carbonyl (C=O) groups is 2. The summed E-state index contributed by atoms with van der Waals surface area (Å²) in [7, 11) is 3.80. The summed E-state index contributed by atoms with van der Waals surface area (Å²) in [6.45, 7) is 15.0. The molecule has 3 heterocycles. The van der Waals surface area contributed by atoms with Crippen LogP contribution in [-0.4, -0.2) is 114 Å². The maximum Gasteiger partial charge on any atom is 0.407 e. The number of nitrogens with two attached hydrogens (primary N) is 1. The molecular formula is C36H65N3O9. The van der Waals surface area contributed by atoms with Gasteiger partial charge in [0.2, 0.25) is 0 Å². The number of aliphatic hydroxyl groups is 2. The number of alkyl carbamates (subject to hydrolysis) is 1. The third-order valence-corrected chi connectivity index (χ3v) is 11.9. The van der Waals surface area contributed by atoms with Gasteiger partial charge >= 0.3 is 12.1 Å². The van der Waals surface area contributed by atoms with Crippen LogP contribution in [-0.2, 0) is 28.5 Å². The predicted octanol–water partition coefficient (Wildman–Crippen LogP) is 3.73. The third-order valence-electron chi connectivity index (χ3n) is 11.9. The Hall–Kier alpha value is -1.54. The van der Waals surface area contributed by atoms with Crippen molar-refractivity contribution in [2.24, 2.45) is 29.4 Å². The molecule has 1 saturated carbocycles. The second-order valence-corrected chi connectivity index (χ2v) is 16.1. The second-order valence-electron chi connectivity index (χ2n) is 16.1. The average Bonchev–Trinajstić information content (AvgIpc) is 3.26. The molecule has 0 radical (unpaired) electrons. The molecule has 12 heteroatoms. The number of nitrogens with zero attached hydrogens (tertiary/aromatic N) is 1. The van der Waals surface area contributed by atoms with E-state index in [2.05, 4.69) is 5.32 Å². The van der Waals surface area contributed by atoms with Crippen molar-refractivity contribution in [1.29, 1.82) is 0 Å². The van der Waals surface area contributed by atoms with E-state index in [-0.39, 0.29) is 42.5 Å². The van der Waals surface area contributed by atoms with E-state index in [9.17, 15) is 19.8 Å². The van der Waals surface area contributed by atoms with E-state index < -0.39 is 71.8 Å². The fourth-order valence-corrected chi connectivity index (χ4v) is 9.05. The van der Waals surface area contributed by atoms with Crippen molar-refractivity contribution >= 4 is 12.1 Å². The number of ether oxygens (including phenoxy) is 5. The molecule has 5 N–H and O–H groups in total. The number of aliphatic hydroxyl groups excluding tert-OH is 1. The maximum absolute atomic E-state index is 14.0. The van der Waals surface area contributed by atoms with Gasteiger partial charge in [-0.3, -0.25) is 4.79 Å². The lowest BCUT2D eigenvalue weighted by Crippen LogP contribution is -2.59. The molecule has 4 rings (SSSR count). The highest BCUT2D eigenvalue weighted by Gasteiger charge is 2.57. The number of hydrogen-bond acceptors (Lipinski definition) is 11. The Balaban J connectivity index is 1.76. The van der Waals surface area contributed by atoms with Crippen LogP contribution >= 0.6 is 0 Å².